The van der Waals surface area contributed by atoms with E-state index in [-0.39, 0.29) is 23.3 Å². The number of alkyl carbamates (subject to hydrolysis) is 1. The SMILES string of the molecule is C[C@@H](CCCNC(=O)OCc1ccccc1)CNC(=O)c1cc(C(C)(C)C)cc(C(C)(C)C)c1. The van der Waals surface area contributed by atoms with Gasteiger partial charge in [0.1, 0.15) is 6.61 Å². The van der Waals surface area contributed by atoms with Crippen LogP contribution in [-0.4, -0.2) is 25.1 Å². The molecule has 0 spiro atoms. The average Bonchev–Trinajstić information content (AvgIpc) is 2.78. The number of nitrogens with one attached hydrogen (secondary N) is 2. The quantitative estimate of drug-likeness (QED) is 0.423. The predicted octanol–water partition coefficient (Wildman–Crippen LogP) is 6.35. The van der Waals surface area contributed by atoms with Crippen molar-refractivity contribution in [2.24, 2.45) is 5.92 Å². The first-order valence-electron chi connectivity index (χ1n) is 12.2. The maximum Gasteiger partial charge on any atom is 0.407 e. The molecule has 2 aromatic carbocycles. The van der Waals surface area contributed by atoms with Crippen molar-refractivity contribution < 1.29 is 14.3 Å². The topological polar surface area (TPSA) is 67.4 Å². The lowest BCUT2D eigenvalue weighted by molar-refractivity contribution is 0.0947. The molecule has 0 bridgehead atoms. The summed E-state index contributed by atoms with van der Waals surface area (Å²) >= 11 is 0. The second-order valence-electron chi connectivity index (χ2n) is 11.2. The summed E-state index contributed by atoms with van der Waals surface area (Å²) in [5.74, 6) is 0.269. The summed E-state index contributed by atoms with van der Waals surface area (Å²) in [6, 6.07) is 15.9. The van der Waals surface area contributed by atoms with E-state index in [9.17, 15) is 9.59 Å². The fraction of sp³-hybridized carbons (Fsp3) is 0.517. The number of hydrogen-bond acceptors (Lipinski definition) is 3. The monoisotopic (exact) mass is 466 g/mol. The van der Waals surface area contributed by atoms with Gasteiger partial charge >= 0.3 is 6.09 Å². The van der Waals surface area contributed by atoms with Crippen LogP contribution in [0.2, 0.25) is 0 Å². The van der Waals surface area contributed by atoms with E-state index in [0.29, 0.717) is 24.6 Å². The molecule has 0 radical (unpaired) electrons. The van der Waals surface area contributed by atoms with Gasteiger partial charge in [-0.1, -0.05) is 84.9 Å². The summed E-state index contributed by atoms with van der Waals surface area (Å²) in [5.41, 5.74) is 3.96. The van der Waals surface area contributed by atoms with Crippen molar-refractivity contribution in [1.29, 1.82) is 0 Å². The van der Waals surface area contributed by atoms with Gasteiger partial charge < -0.3 is 15.4 Å². The zero-order valence-electron chi connectivity index (χ0n) is 22.0. The number of amides is 2. The summed E-state index contributed by atoms with van der Waals surface area (Å²) in [5, 5.41) is 5.88. The first-order chi connectivity index (χ1) is 15.9. The van der Waals surface area contributed by atoms with Gasteiger partial charge in [0.05, 0.1) is 0 Å². The van der Waals surface area contributed by atoms with Crippen LogP contribution in [0.5, 0.6) is 0 Å². The van der Waals surface area contributed by atoms with E-state index >= 15 is 0 Å². The fourth-order valence-electron chi connectivity index (χ4n) is 3.51. The van der Waals surface area contributed by atoms with Crippen molar-refractivity contribution in [3.05, 3.63) is 70.8 Å². The van der Waals surface area contributed by atoms with Gasteiger partial charge in [-0.3, -0.25) is 4.79 Å². The van der Waals surface area contributed by atoms with E-state index in [1.165, 1.54) is 11.1 Å². The molecule has 0 aliphatic rings. The van der Waals surface area contributed by atoms with E-state index < -0.39 is 6.09 Å². The minimum Gasteiger partial charge on any atom is -0.445 e. The summed E-state index contributed by atoms with van der Waals surface area (Å²) in [7, 11) is 0. The molecule has 0 heterocycles. The number of ether oxygens (including phenoxy) is 1. The van der Waals surface area contributed by atoms with Gasteiger partial charge in [0.2, 0.25) is 0 Å². The highest BCUT2D eigenvalue weighted by atomic mass is 16.5. The number of rotatable bonds is 9. The first-order valence-corrected chi connectivity index (χ1v) is 12.2. The minimum atomic E-state index is -0.404. The normalized spacial score (nSPS) is 12.7. The lowest BCUT2D eigenvalue weighted by atomic mass is 9.79. The second-order valence-corrected chi connectivity index (χ2v) is 11.2. The molecule has 0 aromatic heterocycles. The van der Waals surface area contributed by atoms with Gasteiger partial charge in [0.15, 0.2) is 0 Å². The lowest BCUT2D eigenvalue weighted by Crippen LogP contribution is -2.30. The zero-order valence-corrected chi connectivity index (χ0v) is 22.0. The molecular formula is C29H42N2O3. The minimum absolute atomic E-state index is 0.0289. The molecule has 186 valence electrons. The number of hydrogen-bond donors (Lipinski definition) is 2. The Morgan fingerprint density at radius 2 is 1.47 bits per heavy atom. The van der Waals surface area contributed by atoms with Crippen molar-refractivity contribution >= 4 is 12.0 Å². The van der Waals surface area contributed by atoms with Gasteiger partial charge in [-0.2, -0.15) is 0 Å². The van der Waals surface area contributed by atoms with Crippen molar-refractivity contribution in [3.8, 4) is 0 Å². The molecule has 2 amide bonds. The molecule has 0 saturated heterocycles. The standard InChI is InChI=1S/C29H42N2O3/c1-21(12-11-15-30-27(33)34-20-22-13-9-8-10-14-22)19-31-26(32)23-16-24(28(2,3)4)18-25(17-23)29(5,6)7/h8-10,13-14,16-18,21H,11-12,15,19-20H2,1-7H3,(H,30,33)(H,31,32)/t21-/m0/s1. The first kappa shape index (κ1) is 27.4. The van der Waals surface area contributed by atoms with Crippen LogP contribution in [0.1, 0.15) is 88.4 Å². The molecule has 34 heavy (non-hydrogen) atoms. The van der Waals surface area contributed by atoms with Crippen LogP contribution in [0.15, 0.2) is 48.5 Å². The molecule has 0 fully saturated rings. The molecule has 0 aliphatic heterocycles. The number of carbonyl (C=O) groups excluding carboxylic acids is 2. The van der Waals surface area contributed by atoms with E-state index in [2.05, 4.69) is 65.2 Å². The summed E-state index contributed by atoms with van der Waals surface area (Å²) in [4.78, 5) is 24.8. The van der Waals surface area contributed by atoms with Crippen LogP contribution >= 0.6 is 0 Å². The van der Waals surface area contributed by atoms with Crippen LogP contribution in [-0.2, 0) is 22.2 Å². The fourth-order valence-corrected chi connectivity index (χ4v) is 3.51. The van der Waals surface area contributed by atoms with Crippen molar-refractivity contribution in [3.63, 3.8) is 0 Å². The summed E-state index contributed by atoms with van der Waals surface area (Å²) < 4.78 is 5.22. The van der Waals surface area contributed by atoms with Crippen molar-refractivity contribution in [2.45, 2.75) is 78.7 Å². The van der Waals surface area contributed by atoms with Gasteiger partial charge in [-0.15, -0.1) is 0 Å². The highest BCUT2D eigenvalue weighted by Gasteiger charge is 2.22. The van der Waals surface area contributed by atoms with Crippen LogP contribution < -0.4 is 10.6 Å². The van der Waals surface area contributed by atoms with E-state index in [4.69, 9.17) is 4.74 Å². The molecular weight excluding hydrogens is 424 g/mol. The summed E-state index contributed by atoms with van der Waals surface area (Å²) in [6.45, 7) is 16.6. The molecule has 0 saturated carbocycles. The third-order valence-corrected chi connectivity index (χ3v) is 5.89. The predicted molar refractivity (Wildman–Crippen MR) is 139 cm³/mol. The third kappa shape index (κ3) is 9.20. The van der Waals surface area contributed by atoms with Crippen LogP contribution in [0.3, 0.4) is 0 Å². The Bertz CT molecular complexity index is 908. The Kier molecular flexibility index (Phi) is 9.72. The van der Waals surface area contributed by atoms with Crippen molar-refractivity contribution in [1.82, 2.24) is 10.6 Å². The Hall–Kier alpha value is -2.82. The van der Waals surface area contributed by atoms with Gasteiger partial charge in [0, 0.05) is 18.7 Å². The molecule has 2 N–H and O–H groups in total. The zero-order chi connectivity index (χ0) is 25.4. The summed E-state index contributed by atoms with van der Waals surface area (Å²) in [6.07, 6.45) is 1.32. The van der Waals surface area contributed by atoms with Crippen LogP contribution in [0.25, 0.3) is 0 Å². The maximum atomic E-state index is 12.9. The van der Waals surface area contributed by atoms with Crippen molar-refractivity contribution in [2.75, 3.05) is 13.1 Å². The second kappa shape index (κ2) is 12.0. The smallest absolute Gasteiger partial charge is 0.407 e. The van der Waals surface area contributed by atoms with Gasteiger partial charge in [-0.05, 0) is 58.4 Å². The van der Waals surface area contributed by atoms with Crippen LogP contribution in [0, 0.1) is 5.92 Å². The van der Waals surface area contributed by atoms with Gasteiger partial charge in [-0.25, -0.2) is 4.79 Å². The molecule has 5 heteroatoms. The van der Waals surface area contributed by atoms with Crippen LogP contribution in [0.4, 0.5) is 4.79 Å². The highest BCUT2D eigenvalue weighted by molar-refractivity contribution is 5.94. The highest BCUT2D eigenvalue weighted by Crippen LogP contribution is 2.30. The van der Waals surface area contributed by atoms with E-state index in [1.54, 1.807) is 0 Å². The van der Waals surface area contributed by atoms with E-state index in [1.807, 2.05) is 42.5 Å². The third-order valence-electron chi connectivity index (χ3n) is 5.89. The Balaban J connectivity index is 1.77. The number of carbonyl (C=O) groups is 2. The molecule has 2 rings (SSSR count). The molecule has 5 nitrogen and oxygen atoms in total. The Morgan fingerprint density at radius 3 is 2.03 bits per heavy atom. The van der Waals surface area contributed by atoms with Gasteiger partial charge in [0.25, 0.3) is 5.91 Å². The molecule has 1 atom stereocenters. The van der Waals surface area contributed by atoms with E-state index in [0.717, 1.165) is 18.4 Å². The molecule has 0 unspecified atom stereocenters. The molecule has 2 aromatic rings. The lowest BCUT2D eigenvalue weighted by Gasteiger charge is -2.26. The molecule has 0 aliphatic carbocycles. The Labute approximate surface area is 205 Å². The number of benzene rings is 2. The Morgan fingerprint density at radius 1 is 0.882 bits per heavy atom. The largest absolute Gasteiger partial charge is 0.445 e. The maximum absolute atomic E-state index is 12.9. The average molecular weight is 467 g/mol.